The molecule has 2 heterocycles. The average molecular weight is 521 g/mol. The van der Waals surface area contributed by atoms with Crippen molar-refractivity contribution >= 4 is 51.5 Å². The van der Waals surface area contributed by atoms with Crippen LogP contribution in [0.4, 0.5) is 9.18 Å². The first-order valence-electron chi connectivity index (χ1n) is 11.5. The summed E-state index contributed by atoms with van der Waals surface area (Å²) in [7, 11) is 0. The van der Waals surface area contributed by atoms with Gasteiger partial charge in [0, 0.05) is 34.8 Å². The number of hydrogen-bond acceptors (Lipinski definition) is 4. The summed E-state index contributed by atoms with van der Waals surface area (Å²) >= 11 is 7.03. The predicted molar refractivity (Wildman–Crippen MR) is 141 cm³/mol. The largest absolute Gasteiger partial charge is 0.492 e. The molecule has 4 aromatic rings. The average Bonchev–Trinajstić information content (AvgIpc) is 3.36. The van der Waals surface area contributed by atoms with E-state index in [1.807, 2.05) is 48.7 Å². The molecule has 0 unspecified atom stereocenters. The summed E-state index contributed by atoms with van der Waals surface area (Å²) < 4.78 is 22.0. The van der Waals surface area contributed by atoms with Crippen LogP contribution >= 0.6 is 23.4 Å². The van der Waals surface area contributed by atoms with Crippen LogP contribution in [-0.4, -0.2) is 27.2 Å². The van der Waals surface area contributed by atoms with Crippen LogP contribution in [0, 0.1) is 5.82 Å². The van der Waals surface area contributed by atoms with Crippen molar-refractivity contribution < 1.29 is 18.7 Å². The van der Waals surface area contributed by atoms with Crippen molar-refractivity contribution in [1.29, 1.82) is 0 Å². The van der Waals surface area contributed by atoms with Gasteiger partial charge >= 0.3 is 0 Å². The Morgan fingerprint density at radius 2 is 1.72 bits per heavy atom. The van der Waals surface area contributed by atoms with E-state index in [0.29, 0.717) is 34.4 Å². The second kappa shape index (κ2) is 10.6. The number of carbonyl (C=O) groups is 2. The monoisotopic (exact) mass is 520 g/mol. The summed E-state index contributed by atoms with van der Waals surface area (Å²) in [5.41, 5.74) is 2.16. The number of benzene rings is 3. The third kappa shape index (κ3) is 5.03. The van der Waals surface area contributed by atoms with Crippen molar-refractivity contribution in [1.82, 2.24) is 9.47 Å². The zero-order valence-electron chi connectivity index (χ0n) is 19.2. The molecule has 5 rings (SSSR count). The topological polar surface area (TPSA) is 51.5 Å². The molecule has 3 aromatic carbocycles. The second-order valence-electron chi connectivity index (χ2n) is 8.29. The minimum Gasteiger partial charge on any atom is -0.492 e. The SMILES string of the molecule is O=C1S/C(=C\c2cn(CCCOc3ccccc3Cl)c3ccccc23)C(=O)N1Cc1ccccc1F. The van der Waals surface area contributed by atoms with Gasteiger partial charge in [-0.1, -0.05) is 60.1 Å². The Balaban J connectivity index is 1.33. The molecule has 1 aliphatic rings. The summed E-state index contributed by atoms with van der Waals surface area (Å²) in [6.07, 6.45) is 4.47. The zero-order chi connectivity index (χ0) is 25.1. The molecule has 1 saturated heterocycles. The van der Waals surface area contributed by atoms with Crippen molar-refractivity contribution in [3.05, 3.63) is 106 Å². The summed E-state index contributed by atoms with van der Waals surface area (Å²) in [6, 6.07) is 21.4. The van der Waals surface area contributed by atoms with Gasteiger partial charge in [-0.05, 0) is 48.5 Å². The number of ether oxygens (including phenoxy) is 1. The highest BCUT2D eigenvalue weighted by molar-refractivity contribution is 8.18. The fourth-order valence-electron chi connectivity index (χ4n) is 4.13. The van der Waals surface area contributed by atoms with E-state index in [1.54, 1.807) is 30.3 Å². The van der Waals surface area contributed by atoms with Gasteiger partial charge in [0.1, 0.15) is 11.6 Å². The number of imide groups is 1. The third-order valence-electron chi connectivity index (χ3n) is 5.90. The number of nitrogens with zero attached hydrogens (tertiary/aromatic N) is 2. The molecule has 0 atom stereocenters. The number of para-hydroxylation sites is 2. The molecule has 0 saturated carbocycles. The second-order valence-corrected chi connectivity index (χ2v) is 9.69. The maximum Gasteiger partial charge on any atom is 0.293 e. The summed E-state index contributed by atoms with van der Waals surface area (Å²) in [5.74, 6) is -0.205. The Kier molecular flexibility index (Phi) is 7.11. The van der Waals surface area contributed by atoms with E-state index in [-0.39, 0.29) is 6.54 Å². The molecular weight excluding hydrogens is 499 g/mol. The van der Waals surface area contributed by atoms with E-state index in [2.05, 4.69) is 4.57 Å². The third-order valence-corrected chi connectivity index (χ3v) is 7.12. The van der Waals surface area contributed by atoms with Crippen LogP contribution in [0.2, 0.25) is 5.02 Å². The molecular formula is C28H22ClFN2O3S. The molecule has 36 heavy (non-hydrogen) atoms. The van der Waals surface area contributed by atoms with Crippen LogP contribution in [0.1, 0.15) is 17.5 Å². The van der Waals surface area contributed by atoms with E-state index in [1.165, 1.54) is 6.07 Å². The van der Waals surface area contributed by atoms with Crippen LogP contribution in [0.25, 0.3) is 17.0 Å². The van der Waals surface area contributed by atoms with E-state index in [0.717, 1.165) is 39.5 Å². The number of fused-ring (bicyclic) bond motifs is 1. The van der Waals surface area contributed by atoms with Gasteiger partial charge in [0.05, 0.1) is 23.1 Å². The number of halogens is 2. The number of aromatic nitrogens is 1. The highest BCUT2D eigenvalue weighted by Gasteiger charge is 2.35. The first-order valence-corrected chi connectivity index (χ1v) is 12.6. The van der Waals surface area contributed by atoms with E-state index >= 15 is 0 Å². The first-order chi connectivity index (χ1) is 17.5. The molecule has 0 bridgehead atoms. The smallest absolute Gasteiger partial charge is 0.293 e. The van der Waals surface area contributed by atoms with Crippen molar-refractivity contribution in [2.24, 2.45) is 0 Å². The van der Waals surface area contributed by atoms with Crippen molar-refractivity contribution in [3.63, 3.8) is 0 Å². The Bertz CT molecular complexity index is 1480. The molecule has 2 amide bonds. The summed E-state index contributed by atoms with van der Waals surface area (Å²) in [5, 5.41) is 1.15. The molecule has 8 heteroatoms. The van der Waals surface area contributed by atoms with E-state index in [4.69, 9.17) is 16.3 Å². The van der Waals surface area contributed by atoms with Crippen LogP contribution in [-0.2, 0) is 17.9 Å². The lowest BCUT2D eigenvalue weighted by Gasteiger charge is -2.12. The lowest BCUT2D eigenvalue weighted by molar-refractivity contribution is -0.123. The van der Waals surface area contributed by atoms with Gasteiger partial charge in [-0.15, -0.1) is 0 Å². The minimum absolute atomic E-state index is 0.0954. The molecule has 0 aliphatic carbocycles. The normalized spacial score (nSPS) is 14.8. The van der Waals surface area contributed by atoms with Gasteiger partial charge in [-0.2, -0.15) is 0 Å². The van der Waals surface area contributed by atoms with Crippen LogP contribution in [0.15, 0.2) is 83.9 Å². The molecule has 182 valence electrons. The molecule has 1 fully saturated rings. The van der Waals surface area contributed by atoms with Gasteiger partial charge < -0.3 is 9.30 Å². The maximum absolute atomic E-state index is 14.1. The Morgan fingerprint density at radius 1 is 0.972 bits per heavy atom. The zero-order valence-corrected chi connectivity index (χ0v) is 20.8. The summed E-state index contributed by atoms with van der Waals surface area (Å²) in [6.45, 7) is 1.11. The standard InChI is InChI=1S/C28H22ClFN2O3S/c29-22-10-3-6-13-25(22)35-15-7-14-31-17-20(21-9-2-5-12-24(21)31)16-26-27(33)32(28(34)36-26)18-19-8-1-4-11-23(19)30/h1-6,8-13,16-17H,7,14-15,18H2/b26-16-. The van der Waals surface area contributed by atoms with Crippen molar-refractivity contribution in [2.75, 3.05) is 6.61 Å². The van der Waals surface area contributed by atoms with Gasteiger partial charge in [0.15, 0.2) is 0 Å². The van der Waals surface area contributed by atoms with Crippen LogP contribution in [0.3, 0.4) is 0 Å². The highest BCUT2D eigenvalue weighted by atomic mass is 35.5. The minimum atomic E-state index is -0.442. The number of hydrogen-bond donors (Lipinski definition) is 0. The van der Waals surface area contributed by atoms with Crippen LogP contribution < -0.4 is 4.74 Å². The number of carbonyl (C=O) groups excluding carboxylic acids is 2. The molecule has 0 radical (unpaired) electrons. The molecule has 0 spiro atoms. The number of rotatable bonds is 8. The van der Waals surface area contributed by atoms with Gasteiger partial charge in [0.2, 0.25) is 0 Å². The van der Waals surface area contributed by atoms with Gasteiger partial charge in [-0.25, -0.2) is 4.39 Å². The molecule has 0 N–H and O–H groups in total. The fourth-order valence-corrected chi connectivity index (χ4v) is 5.15. The summed E-state index contributed by atoms with van der Waals surface area (Å²) in [4.78, 5) is 27.0. The fraction of sp³-hybridized carbons (Fsp3) is 0.143. The maximum atomic E-state index is 14.1. The van der Waals surface area contributed by atoms with Gasteiger partial charge in [0.25, 0.3) is 11.1 Å². The highest BCUT2D eigenvalue weighted by Crippen LogP contribution is 2.35. The Morgan fingerprint density at radius 3 is 2.56 bits per heavy atom. The molecule has 5 nitrogen and oxygen atoms in total. The van der Waals surface area contributed by atoms with E-state index < -0.39 is 17.0 Å². The van der Waals surface area contributed by atoms with Crippen LogP contribution in [0.5, 0.6) is 5.75 Å². The Labute approximate surface area is 217 Å². The quantitative estimate of drug-likeness (QED) is 0.183. The number of amides is 2. The first kappa shape index (κ1) is 24.2. The van der Waals surface area contributed by atoms with Crippen molar-refractivity contribution in [2.45, 2.75) is 19.5 Å². The Hall–Kier alpha value is -3.55. The van der Waals surface area contributed by atoms with E-state index in [9.17, 15) is 14.0 Å². The molecule has 1 aromatic heterocycles. The predicted octanol–water partition coefficient (Wildman–Crippen LogP) is 7.14. The molecule has 1 aliphatic heterocycles. The number of aryl methyl sites for hydroxylation is 1. The lowest BCUT2D eigenvalue weighted by atomic mass is 10.1. The van der Waals surface area contributed by atoms with Gasteiger partial charge in [-0.3, -0.25) is 14.5 Å². The lowest BCUT2D eigenvalue weighted by Crippen LogP contribution is -2.27. The number of thioether (sulfide) groups is 1. The van der Waals surface area contributed by atoms with Crippen molar-refractivity contribution in [3.8, 4) is 5.75 Å².